The number of amides is 1. The second-order valence-corrected chi connectivity index (χ2v) is 7.65. The zero-order valence-corrected chi connectivity index (χ0v) is 15.4. The van der Waals surface area contributed by atoms with Gasteiger partial charge in [-0.05, 0) is 19.0 Å². The van der Waals surface area contributed by atoms with Gasteiger partial charge >= 0.3 is 0 Å². The lowest BCUT2D eigenvalue weighted by molar-refractivity contribution is -0.121. The highest BCUT2D eigenvalue weighted by atomic mass is 32.1. The number of carbonyl (C=O) groups excluding carboxylic acids is 1. The Bertz CT molecular complexity index is 771. The maximum atomic E-state index is 12.8. The number of aryl methyl sites for hydroxylation is 1. The molecule has 1 N–H and O–H groups in total. The topological polar surface area (TPSA) is 72.3 Å². The SMILES string of the molecule is CCN1CCc2nc(NC(=O)[C@@H]3CCO[C@H]3c3ccnn3C)sc2C1. The Hall–Kier alpha value is -1.77. The summed E-state index contributed by atoms with van der Waals surface area (Å²) in [4.78, 5) is 21.1. The summed E-state index contributed by atoms with van der Waals surface area (Å²) < 4.78 is 7.59. The minimum atomic E-state index is -0.238. The molecule has 0 bridgehead atoms. The van der Waals surface area contributed by atoms with Gasteiger partial charge in [0.15, 0.2) is 5.13 Å². The summed E-state index contributed by atoms with van der Waals surface area (Å²) in [5, 5.41) is 7.93. The molecule has 134 valence electrons. The van der Waals surface area contributed by atoms with E-state index in [4.69, 9.17) is 4.74 Å². The number of nitrogens with one attached hydrogen (secondary N) is 1. The Morgan fingerprint density at radius 1 is 1.52 bits per heavy atom. The first-order valence-corrected chi connectivity index (χ1v) is 9.58. The number of aromatic nitrogens is 3. The number of hydrogen-bond acceptors (Lipinski definition) is 6. The average Bonchev–Trinajstić information content (AvgIpc) is 3.31. The number of nitrogens with zero attached hydrogens (tertiary/aromatic N) is 4. The number of hydrogen-bond donors (Lipinski definition) is 1. The van der Waals surface area contributed by atoms with Crippen molar-refractivity contribution in [3.05, 3.63) is 28.5 Å². The van der Waals surface area contributed by atoms with E-state index in [-0.39, 0.29) is 17.9 Å². The van der Waals surface area contributed by atoms with Gasteiger partial charge in [-0.1, -0.05) is 6.92 Å². The summed E-state index contributed by atoms with van der Waals surface area (Å²) in [7, 11) is 1.88. The van der Waals surface area contributed by atoms with E-state index >= 15 is 0 Å². The van der Waals surface area contributed by atoms with Gasteiger partial charge in [-0.3, -0.25) is 14.4 Å². The Labute approximate surface area is 151 Å². The minimum Gasteiger partial charge on any atom is -0.371 e. The van der Waals surface area contributed by atoms with E-state index < -0.39 is 0 Å². The predicted octanol–water partition coefficient (Wildman–Crippen LogP) is 1.97. The van der Waals surface area contributed by atoms with Gasteiger partial charge in [-0.15, -0.1) is 11.3 Å². The van der Waals surface area contributed by atoms with Crippen molar-refractivity contribution in [1.29, 1.82) is 0 Å². The van der Waals surface area contributed by atoms with Crippen molar-refractivity contribution < 1.29 is 9.53 Å². The van der Waals surface area contributed by atoms with Crippen molar-refractivity contribution in [3.8, 4) is 0 Å². The van der Waals surface area contributed by atoms with Crippen molar-refractivity contribution in [2.45, 2.75) is 32.4 Å². The van der Waals surface area contributed by atoms with E-state index in [1.165, 1.54) is 4.88 Å². The molecule has 2 aliphatic rings. The largest absolute Gasteiger partial charge is 0.371 e. The van der Waals surface area contributed by atoms with E-state index in [1.54, 1.807) is 22.2 Å². The average molecular weight is 361 g/mol. The molecule has 25 heavy (non-hydrogen) atoms. The van der Waals surface area contributed by atoms with Crippen LogP contribution in [-0.2, 0) is 29.5 Å². The van der Waals surface area contributed by atoms with E-state index in [1.807, 2.05) is 13.1 Å². The molecule has 0 unspecified atom stereocenters. The third kappa shape index (κ3) is 3.21. The summed E-state index contributed by atoms with van der Waals surface area (Å²) in [6.07, 6.45) is 3.17. The second kappa shape index (κ2) is 6.86. The van der Waals surface area contributed by atoms with Gasteiger partial charge in [-0.2, -0.15) is 5.10 Å². The van der Waals surface area contributed by atoms with Crippen LogP contribution in [0.2, 0.25) is 0 Å². The molecule has 8 heteroatoms. The van der Waals surface area contributed by atoms with Gasteiger partial charge in [0.2, 0.25) is 5.91 Å². The lowest BCUT2D eigenvalue weighted by atomic mass is 9.98. The minimum absolute atomic E-state index is 0.0119. The molecule has 4 heterocycles. The molecule has 0 spiro atoms. The molecule has 1 saturated heterocycles. The molecule has 1 amide bonds. The molecule has 2 aromatic heterocycles. The Kier molecular flexibility index (Phi) is 4.58. The smallest absolute Gasteiger partial charge is 0.232 e. The summed E-state index contributed by atoms with van der Waals surface area (Å²) in [5.74, 6) is -0.217. The maximum Gasteiger partial charge on any atom is 0.232 e. The van der Waals surface area contributed by atoms with E-state index in [9.17, 15) is 4.79 Å². The van der Waals surface area contributed by atoms with Gasteiger partial charge < -0.3 is 10.1 Å². The number of thiazole rings is 1. The van der Waals surface area contributed by atoms with Crippen LogP contribution in [0.15, 0.2) is 12.3 Å². The van der Waals surface area contributed by atoms with Crippen LogP contribution in [0.5, 0.6) is 0 Å². The van der Waals surface area contributed by atoms with Gasteiger partial charge in [-0.25, -0.2) is 4.98 Å². The molecule has 0 radical (unpaired) electrons. The predicted molar refractivity (Wildman–Crippen MR) is 95.4 cm³/mol. The lowest BCUT2D eigenvalue weighted by Gasteiger charge is -2.23. The highest BCUT2D eigenvalue weighted by Crippen LogP contribution is 2.36. The molecule has 0 aromatic carbocycles. The van der Waals surface area contributed by atoms with E-state index in [0.29, 0.717) is 11.7 Å². The number of anilines is 1. The zero-order valence-electron chi connectivity index (χ0n) is 14.6. The summed E-state index contributed by atoms with van der Waals surface area (Å²) in [6, 6.07) is 1.91. The van der Waals surface area contributed by atoms with Crippen molar-refractivity contribution in [3.63, 3.8) is 0 Å². The Morgan fingerprint density at radius 2 is 2.40 bits per heavy atom. The van der Waals surface area contributed by atoms with Crippen LogP contribution in [0.3, 0.4) is 0 Å². The molecule has 1 fully saturated rings. The highest BCUT2D eigenvalue weighted by molar-refractivity contribution is 7.15. The standard InChI is InChI=1S/C17H23N5O2S/c1-3-22-8-5-12-14(10-22)25-17(19-12)20-16(23)11-6-9-24-15(11)13-4-7-18-21(13)2/h4,7,11,15H,3,5-6,8-10H2,1-2H3,(H,19,20,23)/t11-,15-/m1/s1. The highest BCUT2D eigenvalue weighted by Gasteiger charge is 2.37. The first-order valence-electron chi connectivity index (χ1n) is 8.77. The van der Waals surface area contributed by atoms with Crippen molar-refractivity contribution in [1.82, 2.24) is 19.7 Å². The maximum absolute atomic E-state index is 12.8. The summed E-state index contributed by atoms with van der Waals surface area (Å²) in [6.45, 7) is 5.79. The van der Waals surface area contributed by atoms with E-state index in [0.717, 1.165) is 43.9 Å². The fourth-order valence-corrected chi connectivity index (χ4v) is 4.64. The van der Waals surface area contributed by atoms with Crippen molar-refractivity contribution in [2.24, 2.45) is 13.0 Å². The lowest BCUT2D eigenvalue weighted by Crippen LogP contribution is -2.29. The van der Waals surface area contributed by atoms with Crippen LogP contribution in [-0.4, -0.2) is 45.3 Å². The molecule has 7 nitrogen and oxygen atoms in total. The normalized spacial score (nSPS) is 23.6. The third-order valence-corrected chi connectivity index (χ3v) is 6.06. The van der Waals surface area contributed by atoms with Gasteiger partial charge in [0.25, 0.3) is 0 Å². The third-order valence-electron chi connectivity index (χ3n) is 5.07. The van der Waals surface area contributed by atoms with Crippen LogP contribution in [0.1, 0.15) is 35.7 Å². The number of rotatable bonds is 4. The molecular weight excluding hydrogens is 338 g/mol. The molecular formula is C17H23N5O2S. The molecule has 0 aliphatic carbocycles. The quantitative estimate of drug-likeness (QED) is 0.901. The van der Waals surface area contributed by atoms with Crippen LogP contribution in [0.4, 0.5) is 5.13 Å². The second-order valence-electron chi connectivity index (χ2n) is 6.56. The molecule has 2 aliphatic heterocycles. The number of likely N-dealkylation sites (N-methyl/N-ethyl adjacent to an activating group) is 1. The number of carbonyl (C=O) groups is 1. The molecule has 2 atom stereocenters. The zero-order chi connectivity index (χ0) is 17.4. The first-order chi connectivity index (χ1) is 12.2. The van der Waals surface area contributed by atoms with Crippen molar-refractivity contribution >= 4 is 22.4 Å². The molecule has 0 saturated carbocycles. The fourth-order valence-electron chi connectivity index (χ4n) is 3.58. The van der Waals surface area contributed by atoms with Gasteiger partial charge in [0, 0.05) is 44.2 Å². The monoisotopic (exact) mass is 361 g/mol. The van der Waals surface area contributed by atoms with Crippen LogP contribution in [0, 0.1) is 5.92 Å². The molecule has 2 aromatic rings. The van der Waals surface area contributed by atoms with E-state index in [2.05, 4.69) is 27.2 Å². The first kappa shape index (κ1) is 16.7. The van der Waals surface area contributed by atoms with Crippen LogP contribution in [0.25, 0.3) is 0 Å². The number of fused-ring (bicyclic) bond motifs is 1. The van der Waals surface area contributed by atoms with Crippen LogP contribution >= 0.6 is 11.3 Å². The number of ether oxygens (including phenoxy) is 1. The Morgan fingerprint density at radius 3 is 3.16 bits per heavy atom. The van der Waals surface area contributed by atoms with Crippen molar-refractivity contribution in [2.75, 3.05) is 25.0 Å². The molecule has 4 rings (SSSR count). The Balaban J connectivity index is 1.47. The fraction of sp³-hybridized carbons (Fsp3) is 0.588. The summed E-state index contributed by atoms with van der Waals surface area (Å²) in [5.41, 5.74) is 2.07. The van der Waals surface area contributed by atoms with Crippen LogP contribution < -0.4 is 5.32 Å². The van der Waals surface area contributed by atoms with Gasteiger partial charge in [0.1, 0.15) is 6.10 Å². The summed E-state index contributed by atoms with van der Waals surface area (Å²) >= 11 is 1.60. The van der Waals surface area contributed by atoms with Gasteiger partial charge in [0.05, 0.1) is 17.3 Å².